The molecule has 0 spiro atoms. The van der Waals surface area contributed by atoms with Crippen LogP contribution in [0.1, 0.15) is 23.0 Å². The summed E-state index contributed by atoms with van der Waals surface area (Å²) in [5.41, 5.74) is -3.48. The second kappa shape index (κ2) is 9.03. The minimum atomic E-state index is -5.22. The van der Waals surface area contributed by atoms with Crippen LogP contribution in [0.25, 0.3) is 0 Å². The standard InChI is InChI=1S/C18H17ClF3N3O3/c1-2-28-16(27)17(18(20,21)22,24-11-12-7-5-6-10-23-12)25-15(26)13-8-3-4-9-14(13)19/h3-10,24H,2,11H2,1H3,(H,25,26). The Morgan fingerprint density at radius 1 is 1.14 bits per heavy atom. The van der Waals surface area contributed by atoms with Crippen molar-refractivity contribution < 1.29 is 27.5 Å². The number of hydrogen-bond acceptors (Lipinski definition) is 5. The molecule has 1 heterocycles. The number of nitrogens with zero attached hydrogens (tertiary/aromatic N) is 1. The first-order valence-corrected chi connectivity index (χ1v) is 8.55. The van der Waals surface area contributed by atoms with Crippen molar-refractivity contribution >= 4 is 23.5 Å². The number of aromatic nitrogens is 1. The number of pyridine rings is 1. The Hall–Kier alpha value is -2.65. The Bertz CT molecular complexity index is 834. The van der Waals surface area contributed by atoms with Crippen LogP contribution in [0.15, 0.2) is 48.7 Å². The Morgan fingerprint density at radius 3 is 2.39 bits per heavy atom. The van der Waals surface area contributed by atoms with Crippen LogP contribution >= 0.6 is 11.6 Å². The molecule has 2 rings (SSSR count). The first-order valence-electron chi connectivity index (χ1n) is 8.17. The van der Waals surface area contributed by atoms with Gasteiger partial charge in [0.25, 0.3) is 11.6 Å². The number of ether oxygens (including phenoxy) is 1. The Morgan fingerprint density at radius 2 is 1.82 bits per heavy atom. The van der Waals surface area contributed by atoms with Crippen molar-refractivity contribution in [3.05, 3.63) is 64.9 Å². The maximum Gasteiger partial charge on any atom is 0.436 e. The van der Waals surface area contributed by atoms with Gasteiger partial charge in [-0.3, -0.25) is 15.1 Å². The van der Waals surface area contributed by atoms with E-state index < -0.39 is 30.3 Å². The molecule has 6 nitrogen and oxygen atoms in total. The molecular weight excluding hydrogens is 399 g/mol. The van der Waals surface area contributed by atoms with Gasteiger partial charge in [-0.15, -0.1) is 0 Å². The fourth-order valence-corrected chi connectivity index (χ4v) is 2.52. The molecule has 0 aliphatic heterocycles. The quantitative estimate of drug-likeness (QED) is 0.536. The number of halogens is 4. The van der Waals surface area contributed by atoms with Gasteiger partial charge >= 0.3 is 12.1 Å². The summed E-state index contributed by atoms with van der Waals surface area (Å²) < 4.78 is 46.6. The molecule has 0 radical (unpaired) electrons. The smallest absolute Gasteiger partial charge is 0.436 e. The molecule has 1 atom stereocenters. The fourth-order valence-electron chi connectivity index (χ4n) is 2.30. The molecule has 0 saturated heterocycles. The predicted molar refractivity (Wildman–Crippen MR) is 95.4 cm³/mol. The van der Waals surface area contributed by atoms with E-state index in [2.05, 4.69) is 15.0 Å². The second-order valence-electron chi connectivity index (χ2n) is 5.58. The maximum absolute atomic E-state index is 14.0. The van der Waals surface area contributed by atoms with Crippen molar-refractivity contribution in [1.82, 2.24) is 15.6 Å². The zero-order valence-corrected chi connectivity index (χ0v) is 15.5. The predicted octanol–water partition coefficient (Wildman–Crippen LogP) is 3.08. The monoisotopic (exact) mass is 415 g/mol. The highest BCUT2D eigenvalue weighted by Crippen LogP contribution is 2.31. The van der Waals surface area contributed by atoms with Gasteiger partial charge in [0.1, 0.15) is 0 Å². The van der Waals surface area contributed by atoms with Gasteiger partial charge in [-0.05, 0) is 31.2 Å². The van der Waals surface area contributed by atoms with Crippen LogP contribution < -0.4 is 10.6 Å². The van der Waals surface area contributed by atoms with Crippen molar-refractivity contribution in [1.29, 1.82) is 0 Å². The number of benzene rings is 1. The van der Waals surface area contributed by atoms with Gasteiger partial charge in [-0.2, -0.15) is 13.2 Å². The number of carbonyl (C=O) groups is 2. The lowest BCUT2D eigenvalue weighted by Crippen LogP contribution is -2.72. The van der Waals surface area contributed by atoms with Crippen LogP contribution in [-0.4, -0.2) is 35.3 Å². The van der Waals surface area contributed by atoms with E-state index in [9.17, 15) is 22.8 Å². The largest absolute Gasteiger partial charge is 0.463 e. The summed E-state index contributed by atoms with van der Waals surface area (Å²) in [6.45, 7) is 0.583. The number of amides is 1. The van der Waals surface area contributed by atoms with Gasteiger partial charge in [0.05, 0.1) is 22.9 Å². The van der Waals surface area contributed by atoms with E-state index in [4.69, 9.17) is 11.6 Å². The fraction of sp³-hybridized carbons (Fsp3) is 0.278. The van der Waals surface area contributed by atoms with Crippen LogP contribution in [0.5, 0.6) is 0 Å². The van der Waals surface area contributed by atoms with Crippen LogP contribution in [0.3, 0.4) is 0 Å². The lowest BCUT2D eigenvalue weighted by atomic mass is 10.1. The zero-order valence-electron chi connectivity index (χ0n) is 14.7. The summed E-state index contributed by atoms with van der Waals surface area (Å²) >= 11 is 5.89. The third-order valence-corrected chi connectivity index (χ3v) is 4.02. The normalized spacial score (nSPS) is 13.5. The molecule has 1 aromatic heterocycles. The van der Waals surface area contributed by atoms with Crippen molar-refractivity contribution in [2.75, 3.05) is 6.61 Å². The van der Waals surface area contributed by atoms with Crippen LogP contribution in [0.4, 0.5) is 13.2 Å². The number of alkyl halides is 3. The summed E-state index contributed by atoms with van der Waals surface area (Å²) in [5, 5.41) is 3.71. The van der Waals surface area contributed by atoms with Crippen molar-refractivity contribution in [3.8, 4) is 0 Å². The number of carbonyl (C=O) groups excluding carboxylic acids is 2. The van der Waals surface area contributed by atoms with Gasteiger partial charge in [0.15, 0.2) is 0 Å². The summed E-state index contributed by atoms with van der Waals surface area (Å²) in [7, 11) is 0. The molecule has 10 heteroatoms. The first kappa shape index (κ1) is 21.6. The minimum Gasteiger partial charge on any atom is -0.463 e. The highest BCUT2D eigenvalue weighted by Gasteiger charge is 2.63. The van der Waals surface area contributed by atoms with E-state index >= 15 is 0 Å². The molecule has 2 N–H and O–H groups in total. The SMILES string of the molecule is CCOC(=O)C(NCc1ccccn1)(NC(=O)c1ccccc1Cl)C(F)(F)F. The van der Waals surface area contributed by atoms with E-state index in [1.54, 1.807) is 17.4 Å². The average molecular weight is 416 g/mol. The highest BCUT2D eigenvalue weighted by molar-refractivity contribution is 6.33. The van der Waals surface area contributed by atoms with Crippen molar-refractivity contribution in [2.24, 2.45) is 0 Å². The molecule has 0 bridgehead atoms. The van der Waals surface area contributed by atoms with Gasteiger partial charge in [-0.25, -0.2) is 4.79 Å². The van der Waals surface area contributed by atoms with Crippen LogP contribution in [-0.2, 0) is 16.1 Å². The molecule has 1 amide bonds. The van der Waals surface area contributed by atoms with Crippen LogP contribution in [0, 0.1) is 0 Å². The summed E-state index contributed by atoms with van der Waals surface area (Å²) in [4.78, 5) is 28.7. The number of hydrogen-bond donors (Lipinski definition) is 2. The average Bonchev–Trinajstić information content (AvgIpc) is 2.65. The van der Waals surface area contributed by atoms with E-state index in [1.165, 1.54) is 43.5 Å². The third-order valence-electron chi connectivity index (χ3n) is 3.69. The lowest BCUT2D eigenvalue weighted by molar-refractivity contribution is -0.219. The summed E-state index contributed by atoms with van der Waals surface area (Å²) in [6, 6.07) is 10.2. The zero-order chi connectivity index (χ0) is 20.8. The molecule has 2 aromatic rings. The van der Waals surface area contributed by atoms with Crippen LogP contribution in [0.2, 0.25) is 5.02 Å². The molecule has 0 aliphatic rings. The highest BCUT2D eigenvalue weighted by atomic mass is 35.5. The Balaban J connectivity index is 2.42. The molecule has 0 aliphatic carbocycles. The topological polar surface area (TPSA) is 80.3 Å². The maximum atomic E-state index is 14.0. The Kier molecular flexibility index (Phi) is 6.98. The first-order chi connectivity index (χ1) is 13.2. The van der Waals surface area contributed by atoms with Gasteiger partial charge in [0.2, 0.25) is 0 Å². The van der Waals surface area contributed by atoms with Gasteiger partial charge < -0.3 is 10.1 Å². The number of nitrogens with one attached hydrogen (secondary N) is 2. The molecular formula is C18H17ClF3N3O3. The van der Waals surface area contributed by atoms with Crippen molar-refractivity contribution in [3.63, 3.8) is 0 Å². The molecule has 0 saturated carbocycles. The van der Waals surface area contributed by atoms with Gasteiger partial charge in [-0.1, -0.05) is 29.8 Å². The van der Waals surface area contributed by atoms with E-state index in [0.29, 0.717) is 0 Å². The molecule has 150 valence electrons. The summed E-state index contributed by atoms with van der Waals surface area (Å²) in [5.74, 6) is -2.89. The third kappa shape index (κ3) is 4.79. The van der Waals surface area contributed by atoms with E-state index in [1.807, 2.05) is 0 Å². The van der Waals surface area contributed by atoms with E-state index in [0.717, 1.165) is 0 Å². The second-order valence-corrected chi connectivity index (χ2v) is 5.98. The molecule has 1 aromatic carbocycles. The minimum absolute atomic E-state index is 0.0651. The van der Waals surface area contributed by atoms with Crippen molar-refractivity contribution in [2.45, 2.75) is 25.3 Å². The van der Waals surface area contributed by atoms with E-state index in [-0.39, 0.29) is 22.9 Å². The lowest BCUT2D eigenvalue weighted by Gasteiger charge is -2.34. The Labute approximate surface area is 164 Å². The molecule has 1 unspecified atom stereocenters. The number of esters is 1. The molecule has 28 heavy (non-hydrogen) atoms. The molecule has 0 fully saturated rings. The summed E-state index contributed by atoms with van der Waals surface area (Å²) in [6.07, 6.45) is -3.83. The number of rotatable bonds is 7. The van der Waals surface area contributed by atoms with Gasteiger partial charge in [0, 0.05) is 12.7 Å².